The summed E-state index contributed by atoms with van der Waals surface area (Å²) >= 11 is 0. The first-order chi connectivity index (χ1) is 11.2. The van der Waals surface area contributed by atoms with E-state index in [4.69, 9.17) is 0 Å². The number of nitrogens with zero attached hydrogens (tertiary/aromatic N) is 2. The minimum absolute atomic E-state index is 0.772. The molecule has 2 fully saturated rings. The number of allylic oxidation sites excluding steroid dienone is 3. The van der Waals surface area contributed by atoms with Crippen molar-refractivity contribution in [3.05, 3.63) is 71.1 Å². The normalized spacial score (nSPS) is 21.8. The Balaban J connectivity index is 1.51. The highest BCUT2D eigenvalue weighted by Crippen LogP contribution is 2.44. The Morgan fingerprint density at radius 1 is 1.09 bits per heavy atom. The van der Waals surface area contributed by atoms with Crippen molar-refractivity contribution in [2.45, 2.75) is 32.7 Å². The smallest absolute Gasteiger partial charge is 0.0394 e. The summed E-state index contributed by atoms with van der Waals surface area (Å²) in [5.74, 6) is 0.772. The van der Waals surface area contributed by atoms with Gasteiger partial charge in [0.1, 0.15) is 0 Å². The molecule has 23 heavy (non-hydrogen) atoms. The van der Waals surface area contributed by atoms with Crippen molar-refractivity contribution >= 4 is 0 Å². The maximum absolute atomic E-state index is 4.29. The molecule has 1 aliphatic carbocycles. The molecule has 2 aliphatic heterocycles. The van der Waals surface area contributed by atoms with Crippen LogP contribution in [0.4, 0.5) is 0 Å². The Kier molecular flexibility index (Phi) is 3.86. The van der Waals surface area contributed by atoms with Crippen LogP contribution in [-0.4, -0.2) is 29.4 Å². The number of aryl methyl sites for hydroxylation is 1. The van der Waals surface area contributed by atoms with Crippen LogP contribution in [0.15, 0.2) is 60.0 Å². The molecule has 1 aromatic carbocycles. The lowest BCUT2D eigenvalue weighted by molar-refractivity contribution is 0.198. The predicted octanol–water partition coefficient (Wildman–Crippen LogP) is 4.11. The molecule has 1 saturated carbocycles. The summed E-state index contributed by atoms with van der Waals surface area (Å²) in [6.07, 6.45) is 8.24. The molecule has 2 nitrogen and oxygen atoms in total. The first-order valence-corrected chi connectivity index (χ1v) is 8.92. The fourth-order valence-electron chi connectivity index (χ4n) is 3.77. The first kappa shape index (κ1) is 14.8. The van der Waals surface area contributed by atoms with Gasteiger partial charge in [-0.3, -0.25) is 4.90 Å². The van der Waals surface area contributed by atoms with Crippen LogP contribution in [0, 0.1) is 5.92 Å². The molecule has 2 heterocycles. The van der Waals surface area contributed by atoms with E-state index in [0.717, 1.165) is 38.5 Å². The van der Waals surface area contributed by atoms with Gasteiger partial charge in [-0.05, 0) is 53.5 Å². The predicted molar refractivity (Wildman–Crippen MR) is 95.8 cm³/mol. The molecule has 0 spiro atoms. The van der Waals surface area contributed by atoms with E-state index < -0.39 is 0 Å². The van der Waals surface area contributed by atoms with E-state index in [1.54, 1.807) is 5.57 Å². The minimum atomic E-state index is 0.772. The SMILES string of the molecule is C=C1C=CN2CCN(Cc3ccc(CC)cc3)CC2=C1C1CC1. The molecule has 2 heteroatoms. The molecular formula is C21H26N2. The summed E-state index contributed by atoms with van der Waals surface area (Å²) in [4.78, 5) is 5.04. The molecule has 0 radical (unpaired) electrons. The van der Waals surface area contributed by atoms with E-state index >= 15 is 0 Å². The zero-order valence-electron chi connectivity index (χ0n) is 14.1. The minimum Gasteiger partial charge on any atom is -0.349 e. The van der Waals surface area contributed by atoms with Crippen LogP contribution in [0.25, 0.3) is 0 Å². The number of benzene rings is 1. The van der Waals surface area contributed by atoms with Gasteiger partial charge < -0.3 is 4.90 Å². The van der Waals surface area contributed by atoms with Gasteiger partial charge in [-0.1, -0.05) is 37.8 Å². The number of rotatable bonds is 4. The van der Waals surface area contributed by atoms with Gasteiger partial charge in [0.2, 0.25) is 0 Å². The average Bonchev–Trinajstić information content (AvgIpc) is 3.40. The summed E-state index contributed by atoms with van der Waals surface area (Å²) in [5.41, 5.74) is 7.14. The number of hydrogen-bond acceptors (Lipinski definition) is 2. The Morgan fingerprint density at radius 2 is 1.83 bits per heavy atom. The average molecular weight is 306 g/mol. The summed E-state index contributed by atoms with van der Waals surface area (Å²) in [6, 6.07) is 9.12. The second-order valence-electron chi connectivity index (χ2n) is 7.05. The van der Waals surface area contributed by atoms with E-state index in [-0.39, 0.29) is 0 Å². The zero-order chi connectivity index (χ0) is 15.8. The Morgan fingerprint density at radius 3 is 2.52 bits per heavy atom. The Bertz CT molecular complexity index is 662. The van der Waals surface area contributed by atoms with Crippen molar-refractivity contribution in [2.75, 3.05) is 19.6 Å². The van der Waals surface area contributed by atoms with E-state index in [0.29, 0.717) is 0 Å². The number of fused-ring (bicyclic) bond motifs is 1. The lowest BCUT2D eigenvalue weighted by atomic mass is 9.95. The van der Waals surface area contributed by atoms with Gasteiger partial charge in [0.15, 0.2) is 0 Å². The van der Waals surface area contributed by atoms with E-state index in [1.165, 1.54) is 35.2 Å². The summed E-state index contributed by atoms with van der Waals surface area (Å²) < 4.78 is 0. The Labute approximate surface area is 139 Å². The van der Waals surface area contributed by atoms with E-state index in [2.05, 4.69) is 59.8 Å². The van der Waals surface area contributed by atoms with Gasteiger partial charge in [-0.15, -0.1) is 0 Å². The van der Waals surface area contributed by atoms with Crippen molar-refractivity contribution < 1.29 is 0 Å². The van der Waals surface area contributed by atoms with E-state index in [1.807, 2.05) is 0 Å². The molecular weight excluding hydrogens is 280 g/mol. The fraction of sp³-hybridized carbons (Fsp3) is 0.429. The van der Waals surface area contributed by atoms with Crippen molar-refractivity contribution in [1.29, 1.82) is 0 Å². The van der Waals surface area contributed by atoms with Crippen LogP contribution in [0.1, 0.15) is 30.9 Å². The molecule has 1 aromatic rings. The maximum Gasteiger partial charge on any atom is 0.0394 e. The van der Waals surface area contributed by atoms with Crippen LogP contribution >= 0.6 is 0 Å². The molecule has 120 valence electrons. The summed E-state index contributed by atoms with van der Waals surface area (Å²) in [6.45, 7) is 10.8. The van der Waals surface area contributed by atoms with Crippen LogP contribution in [0.3, 0.4) is 0 Å². The van der Waals surface area contributed by atoms with Gasteiger partial charge in [0.25, 0.3) is 0 Å². The molecule has 0 bridgehead atoms. The molecule has 4 rings (SSSR count). The second-order valence-corrected chi connectivity index (χ2v) is 7.05. The lowest BCUT2D eigenvalue weighted by Gasteiger charge is -2.40. The van der Waals surface area contributed by atoms with Crippen molar-refractivity contribution in [2.24, 2.45) is 5.92 Å². The second kappa shape index (κ2) is 6.01. The maximum atomic E-state index is 4.29. The summed E-state index contributed by atoms with van der Waals surface area (Å²) in [5, 5.41) is 0. The van der Waals surface area contributed by atoms with Gasteiger partial charge >= 0.3 is 0 Å². The van der Waals surface area contributed by atoms with Gasteiger partial charge in [0.05, 0.1) is 0 Å². The number of hydrogen-bond donors (Lipinski definition) is 0. The molecule has 3 aliphatic rings. The van der Waals surface area contributed by atoms with Crippen LogP contribution in [-0.2, 0) is 13.0 Å². The fourth-order valence-corrected chi connectivity index (χ4v) is 3.77. The standard InChI is InChI=1S/C21H26N2/c1-3-17-4-6-18(7-5-17)14-22-12-13-23-11-10-16(2)21(19-8-9-19)20(23)15-22/h4-7,10-11,19H,2-3,8-9,12-15H2,1H3. The van der Waals surface area contributed by atoms with Crippen molar-refractivity contribution in [3.8, 4) is 0 Å². The number of piperazine rings is 1. The highest BCUT2D eigenvalue weighted by Gasteiger charge is 2.34. The third-order valence-electron chi connectivity index (χ3n) is 5.31. The van der Waals surface area contributed by atoms with Crippen molar-refractivity contribution in [1.82, 2.24) is 9.80 Å². The monoisotopic (exact) mass is 306 g/mol. The Hall–Kier alpha value is -1.80. The zero-order valence-corrected chi connectivity index (χ0v) is 14.1. The lowest BCUT2D eigenvalue weighted by Crippen LogP contribution is -2.43. The molecule has 0 N–H and O–H groups in total. The topological polar surface area (TPSA) is 6.48 Å². The van der Waals surface area contributed by atoms with Gasteiger partial charge in [-0.2, -0.15) is 0 Å². The van der Waals surface area contributed by atoms with Crippen LogP contribution in [0.2, 0.25) is 0 Å². The largest absolute Gasteiger partial charge is 0.349 e. The van der Waals surface area contributed by atoms with E-state index in [9.17, 15) is 0 Å². The molecule has 1 saturated heterocycles. The third kappa shape index (κ3) is 3.00. The third-order valence-corrected chi connectivity index (χ3v) is 5.31. The highest BCUT2D eigenvalue weighted by molar-refractivity contribution is 5.48. The van der Waals surface area contributed by atoms with Gasteiger partial charge in [-0.25, -0.2) is 0 Å². The molecule has 0 atom stereocenters. The first-order valence-electron chi connectivity index (χ1n) is 8.92. The summed E-state index contributed by atoms with van der Waals surface area (Å²) in [7, 11) is 0. The van der Waals surface area contributed by atoms with Crippen molar-refractivity contribution in [3.63, 3.8) is 0 Å². The quantitative estimate of drug-likeness (QED) is 0.826. The van der Waals surface area contributed by atoms with Crippen LogP contribution in [0.5, 0.6) is 0 Å². The van der Waals surface area contributed by atoms with Crippen LogP contribution < -0.4 is 0 Å². The molecule has 0 amide bonds. The van der Waals surface area contributed by atoms with Gasteiger partial charge in [0, 0.05) is 38.1 Å². The molecule has 0 aromatic heterocycles. The highest BCUT2D eigenvalue weighted by atomic mass is 15.3. The molecule has 0 unspecified atom stereocenters.